The number of rotatable bonds is 1. The van der Waals surface area contributed by atoms with Gasteiger partial charge in [0.1, 0.15) is 0 Å². The molecule has 0 bridgehead atoms. The number of hydrogen-bond donors (Lipinski definition) is 1. The van der Waals surface area contributed by atoms with E-state index in [0.29, 0.717) is 6.04 Å². The predicted octanol–water partition coefficient (Wildman–Crippen LogP) is 0.994. The zero-order valence-corrected chi connectivity index (χ0v) is 7.65. The first kappa shape index (κ1) is 9.30. The van der Waals surface area contributed by atoms with E-state index in [9.17, 15) is 0 Å². The molecule has 2 N–H and O–H groups in total. The van der Waals surface area contributed by atoms with Crippen molar-refractivity contribution in [1.29, 1.82) is 0 Å². The summed E-state index contributed by atoms with van der Waals surface area (Å²) in [6, 6.07) is 1.39. The minimum absolute atomic E-state index is 0. The van der Waals surface area contributed by atoms with Gasteiger partial charge in [-0.1, -0.05) is 0 Å². The van der Waals surface area contributed by atoms with Gasteiger partial charge in [-0.05, 0) is 32.2 Å². The lowest BCUT2D eigenvalue weighted by Crippen LogP contribution is -2.43. The van der Waals surface area contributed by atoms with Crippen molar-refractivity contribution in [2.24, 2.45) is 5.73 Å². The molecule has 1 saturated heterocycles. The van der Waals surface area contributed by atoms with Gasteiger partial charge in [0.15, 0.2) is 0 Å². The van der Waals surface area contributed by atoms with Crippen LogP contribution in [0.5, 0.6) is 0 Å². The van der Waals surface area contributed by atoms with Crippen LogP contribution in [0.3, 0.4) is 0 Å². The Morgan fingerprint density at radius 2 is 1.91 bits per heavy atom. The highest BCUT2D eigenvalue weighted by molar-refractivity contribution is 5.85. The van der Waals surface area contributed by atoms with Gasteiger partial charge in [-0.25, -0.2) is 0 Å². The molecule has 1 atom stereocenters. The number of piperidine rings is 1. The van der Waals surface area contributed by atoms with Gasteiger partial charge in [0.25, 0.3) is 0 Å². The minimum Gasteiger partial charge on any atom is -0.327 e. The Bertz CT molecular complexity index is 125. The quantitative estimate of drug-likeness (QED) is 0.646. The van der Waals surface area contributed by atoms with E-state index < -0.39 is 0 Å². The summed E-state index contributed by atoms with van der Waals surface area (Å²) >= 11 is 0. The van der Waals surface area contributed by atoms with Gasteiger partial charge < -0.3 is 5.73 Å². The van der Waals surface area contributed by atoms with Crippen LogP contribution in [0.1, 0.15) is 25.7 Å². The van der Waals surface area contributed by atoms with E-state index >= 15 is 0 Å². The molecular weight excluding hydrogens is 160 g/mol. The van der Waals surface area contributed by atoms with E-state index in [1.54, 1.807) is 0 Å². The van der Waals surface area contributed by atoms with Gasteiger partial charge in [0.2, 0.25) is 0 Å². The van der Waals surface area contributed by atoms with Crippen LogP contribution in [-0.2, 0) is 0 Å². The van der Waals surface area contributed by atoms with Gasteiger partial charge in [-0.15, -0.1) is 12.4 Å². The maximum absolute atomic E-state index is 5.85. The van der Waals surface area contributed by atoms with Crippen LogP contribution >= 0.6 is 12.4 Å². The smallest absolute Gasteiger partial charge is 0.0168 e. The summed E-state index contributed by atoms with van der Waals surface area (Å²) in [5.74, 6) is 0. The molecule has 2 nitrogen and oxygen atoms in total. The molecule has 0 radical (unpaired) electrons. The Labute approximate surface area is 74.5 Å². The van der Waals surface area contributed by atoms with Crippen LogP contribution in [0.2, 0.25) is 0 Å². The number of hydrogen-bond acceptors (Lipinski definition) is 2. The van der Waals surface area contributed by atoms with Crippen molar-refractivity contribution in [3.63, 3.8) is 0 Å². The normalized spacial score (nSPS) is 33.0. The number of nitrogens with two attached hydrogens (primary N) is 1. The van der Waals surface area contributed by atoms with Gasteiger partial charge >= 0.3 is 0 Å². The highest BCUT2D eigenvalue weighted by Crippen LogP contribution is 2.28. The van der Waals surface area contributed by atoms with Crippen LogP contribution in [0.4, 0.5) is 0 Å². The first-order valence-electron chi connectivity index (χ1n) is 4.36. The fourth-order valence-corrected chi connectivity index (χ4v) is 1.81. The van der Waals surface area contributed by atoms with E-state index in [4.69, 9.17) is 5.73 Å². The SMILES string of the molecule is Cl.N[C@@H]1CCCN(C2CC2)C1. The summed E-state index contributed by atoms with van der Waals surface area (Å²) in [5, 5.41) is 0. The molecule has 66 valence electrons. The lowest BCUT2D eigenvalue weighted by Gasteiger charge is -2.30. The second-order valence-electron chi connectivity index (χ2n) is 3.63. The molecule has 0 aromatic heterocycles. The van der Waals surface area contributed by atoms with Gasteiger partial charge in [0.05, 0.1) is 0 Å². The third kappa shape index (κ3) is 2.32. The van der Waals surface area contributed by atoms with Crippen molar-refractivity contribution < 1.29 is 0 Å². The van der Waals surface area contributed by atoms with E-state index in [-0.39, 0.29) is 12.4 Å². The van der Waals surface area contributed by atoms with Crippen LogP contribution in [0.15, 0.2) is 0 Å². The Hall–Kier alpha value is 0.210. The van der Waals surface area contributed by atoms with Crippen molar-refractivity contribution in [3.8, 4) is 0 Å². The molecule has 0 unspecified atom stereocenters. The lowest BCUT2D eigenvalue weighted by molar-refractivity contribution is 0.200. The predicted molar refractivity (Wildman–Crippen MR) is 49.1 cm³/mol. The average Bonchev–Trinajstić information content (AvgIpc) is 2.68. The minimum atomic E-state index is 0. The number of halogens is 1. The molecule has 1 aliphatic heterocycles. The molecule has 11 heavy (non-hydrogen) atoms. The monoisotopic (exact) mass is 176 g/mol. The van der Waals surface area contributed by atoms with E-state index in [1.165, 1.54) is 32.2 Å². The third-order valence-corrected chi connectivity index (χ3v) is 2.55. The molecule has 1 aliphatic carbocycles. The molecular formula is C8H17ClN2. The summed E-state index contributed by atoms with van der Waals surface area (Å²) in [5.41, 5.74) is 5.85. The Morgan fingerprint density at radius 1 is 1.18 bits per heavy atom. The summed E-state index contributed by atoms with van der Waals surface area (Å²) < 4.78 is 0. The first-order valence-corrected chi connectivity index (χ1v) is 4.36. The van der Waals surface area contributed by atoms with Crippen LogP contribution in [0, 0.1) is 0 Å². The molecule has 2 fully saturated rings. The second kappa shape index (κ2) is 3.74. The van der Waals surface area contributed by atoms with Crippen molar-refractivity contribution in [3.05, 3.63) is 0 Å². The maximum Gasteiger partial charge on any atom is 0.0168 e. The van der Waals surface area contributed by atoms with Gasteiger partial charge in [-0.3, -0.25) is 4.90 Å². The van der Waals surface area contributed by atoms with E-state index in [0.717, 1.165) is 12.6 Å². The zero-order chi connectivity index (χ0) is 6.97. The molecule has 1 saturated carbocycles. The molecule has 0 amide bonds. The Morgan fingerprint density at radius 3 is 2.45 bits per heavy atom. The fraction of sp³-hybridized carbons (Fsp3) is 1.00. The molecule has 2 rings (SSSR count). The molecule has 3 heteroatoms. The first-order chi connectivity index (χ1) is 4.86. The highest BCUT2D eigenvalue weighted by Gasteiger charge is 2.31. The summed E-state index contributed by atoms with van der Waals surface area (Å²) in [6.07, 6.45) is 5.40. The van der Waals surface area contributed by atoms with Gasteiger partial charge in [0, 0.05) is 18.6 Å². The van der Waals surface area contributed by atoms with Crippen molar-refractivity contribution in [2.45, 2.75) is 37.8 Å². The standard InChI is InChI=1S/C8H16N2.ClH/c9-7-2-1-5-10(6-7)8-3-4-8;/h7-8H,1-6,9H2;1H/t7-;/m1./s1. The molecule has 1 heterocycles. The van der Waals surface area contributed by atoms with Crippen LogP contribution < -0.4 is 5.73 Å². The van der Waals surface area contributed by atoms with Crippen molar-refractivity contribution in [1.82, 2.24) is 4.90 Å². The molecule has 0 spiro atoms. The number of nitrogens with zero attached hydrogens (tertiary/aromatic N) is 1. The second-order valence-corrected chi connectivity index (χ2v) is 3.63. The Kier molecular flexibility index (Phi) is 3.16. The Balaban J connectivity index is 0.000000605. The molecule has 0 aromatic carbocycles. The van der Waals surface area contributed by atoms with Crippen molar-refractivity contribution >= 4 is 12.4 Å². The summed E-state index contributed by atoms with van der Waals surface area (Å²) in [4.78, 5) is 2.56. The molecule has 0 aromatic rings. The topological polar surface area (TPSA) is 29.3 Å². The molecule has 2 aliphatic rings. The summed E-state index contributed by atoms with van der Waals surface area (Å²) in [7, 11) is 0. The van der Waals surface area contributed by atoms with Gasteiger partial charge in [-0.2, -0.15) is 0 Å². The van der Waals surface area contributed by atoms with E-state index in [2.05, 4.69) is 4.90 Å². The highest BCUT2D eigenvalue weighted by atomic mass is 35.5. The van der Waals surface area contributed by atoms with E-state index in [1.807, 2.05) is 0 Å². The summed E-state index contributed by atoms with van der Waals surface area (Å²) in [6.45, 7) is 2.46. The average molecular weight is 177 g/mol. The zero-order valence-electron chi connectivity index (χ0n) is 6.83. The number of likely N-dealkylation sites (tertiary alicyclic amines) is 1. The lowest BCUT2D eigenvalue weighted by atomic mass is 10.1. The van der Waals surface area contributed by atoms with Crippen LogP contribution in [-0.4, -0.2) is 30.1 Å². The van der Waals surface area contributed by atoms with Crippen LogP contribution in [0.25, 0.3) is 0 Å². The van der Waals surface area contributed by atoms with Crippen molar-refractivity contribution in [2.75, 3.05) is 13.1 Å². The largest absolute Gasteiger partial charge is 0.327 e. The third-order valence-electron chi connectivity index (χ3n) is 2.55. The fourth-order valence-electron chi connectivity index (χ4n) is 1.81. The maximum atomic E-state index is 5.85.